The number of pyridine rings is 1. The second-order valence-electron chi connectivity index (χ2n) is 18.8. The standard InChI is InChI=1S/C54H51N4O.Pt/c1-52(2,3)38-17-13-18-41(30-38)56-35-57(50-31-39(53(4,5)6)22-26-48(50)56)42-19-14-20-43(33-42)59-44-23-24-45-46-29-37(36-15-11-10-12-16-36)21-25-47(46)58(49(45)34-44)51-32-40(27-28-55-51)54(7,8)9;/h10-32,35H,1-9H3;/q-3;. The van der Waals surface area contributed by atoms with Crippen molar-refractivity contribution in [2.45, 2.75) is 78.6 Å². The summed E-state index contributed by atoms with van der Waals surface area (Å²) in [5, 5.41) is 2.22. The molecule has 8 aromatic rings. The number of rotatable bonds is 6. The zero-order valence-electron chi connectivity index (χ0n) is 35.9. The maximum Gasteiger partial charge on any atom is 0.135 e. The van der Waals surface area contributed by atoms with E-state index in [2.05, 4.69) is 211 Å². The third kappa shape index (κ3) is 7.77. The van der Waals surface area contributed by atoms with Crippen molar-refractivity contribution >= 4 is 44.6 Å². The van der Waals surface area contributed by atoms with Crippen molar-refractivity contribution in [3.05, 3.63) is 175 Å². The van der Waals surface area contributed by atoms with E-state index in [-0.39, 0.29) is 37.3 Å². The molecule has 0 N–H and O–H groups in total. The summed E-state index contributed by atoms with van der Waals surface area (Å²) in [5.41, 5.74) is 12.3. The fourth-order valence-corrected chi connectivity index (χ4v) is 7.94. The van der Waals surface area contributed by atoms with Gasteiger partial charge in [-0.25, -0.2) is 4.98 Å². The summed E-state index contributed by atoms with van der Waals surface area (Å²) < 4.78 is 8.89. The van der Waals surface area contributed by atoms with Gasteiger partial charge in [0.1, 0.15) is 5.82 Å². The largest absolute Gasteiger partial charge is 0.509 e. The monoisotopic (exact) mass is 966 g/mol. The minimum atomic E-state index is -0.0368. The van der Waals surface area contributed by atoms with Crippen LogP contribution in [0, 0.1) is 18.8 Å². The molecule has 0 saturated carbocycles. The van der Waals surface area contributed by atoms with Gasteiger partial charge in [-0.15, -0.1) is 48.1 Å². The molecule has 60 heavy (non-hydrogen) atoms. The average molecular weight is 967 g/mol. The molecular formula is C54H51N4OPt-3. The molecule has 0 spiro atoms. The van der Waals surface area contributed by atoms with Gasteiger partial charge in [-0.1, -0.05) is 128 Å². The minimum Gasteiger partial charge on any atom is -0.509 e. The average Bonchev–Trinajstić information content (AvgIpc) is 3.76. The van der Waals surface area contributed by atoms with E-state index >= 15 is 0 Å². The topological polar surface area (TPSA) is 33.5 Å². The zero-order valence-corrected chi connectivity index (χ0v) is 38.1. The quantitative estimate of drug-likeness (QED) is 0.156. The predicted molar refractivity (Wildman–Crippen MR) is 246 cm³/mol. The Labute approximate surface area is 369 Å². The van der Waals surface area contributed by atoms with Crippen LogP contribution in [-0.2, 0) is 37.3 Å². The van der Waals surface area contributed by atoms with Crippen molar-refractivity contribution in [1.82, 2.24) is 9.55 Å². The first-order valence-electron chi connectivity index (χ1n) is 20.5. The summed E-state index contributed by atoms with van der Waals surface area (Å²) in [6.07, 6.45) is 1.91. The first-order valence-corrected chi connectivity index (χ1v) is 20.5. The number of fused-ring (bicyclic) bond motifs is 4. The molecule has 1 aliphatic rings. The van der Waals surface area contributed by atoms with E-state index in [1.165, 1.54) is 22.3 Å². The number of nitrogens with zero attached hydrogens (tertiary/aromatic N) is 4. The molecule has 0 saturated heterocycles. The fourth-order valence-electron chi connectivity index (χ4n) is 7.94. The minimum absolute atomic E-state index is 0. The van der Waals surface area contributed by atoms with Crippen LogP contribution in [0.1, 0.15) is 79.0 Å². The fraction of sp³-hybridized carbons (Fsp3) is 0.222. The molecule has 0 atom stereocenters. The number of anilines is 4. The van der Waals surface area contributed by atoms with Crippen molar-refractivity contribution in [3.8, 4) is 28.4 Å². The van der Waals surface area contributed by atoms with Gasteiger partial charge in [0.2, 0.25) is 0 Å². The summed E-state index contributed by atoms with van der Waals surface area (Å²) in [7, 11) is 0. The number of benzene rings is 6. The third-order valence-corrected chi connectivity index (χ3v) is 11.4. The van der Waals surface area contributed by atoms with Gasteiger partial charge in [0.25, 0.3) is 0 Å². The maximum absolute atomic E-state index is 6.68. The van der Waals surface area contributed by atoms with Gasteiger partial charge in [-0.3, -0.25) is 0 Å². The van der Waals surface area contributed by atoms with Crippen LogP contribution in [0.3, 0.4) is 0 Å². The molecule has 0 amide bonds. The third-order valence-electron chi connectivity index (χ3n) is 11.4. The van der Waals surface area contributed by atoms with Crippen LogP contribution >= 0.6 is 0 Å². The van der Waals surface area contributed by atoms with Crippen molar-refractivity contribution in [2.75, 3.05) is 9.80 Å². The summed E-state index contributed by atoms with van der Waals surface area (Å²) in [4.78, 5) is 9.42. The van der Waals surface area contributed by atoms with Gasteiger partial charge in [0.05, 0.1) is 0 Å². The molecule has 0 radical (unpaired) electrons. The predicted octanol–water partition coefficient (Wildman–Crippen LogP) is 14.5. The van der Waals surface area contributed by atoms with Crippen LogP contribution in [0.2, 0.25) is 0 Å². The molecule has 6 aromatic carbocycles. The second-order valence-corrected chi connectivity index (χ2v) is 18.8. The molecule has 1 aliphatic heterocycles. The van der Waals surface area contributed by atoms with Gasteiger partial charge in [-0.05, 0) is 91.9 Å². The normalized spacial score (nSPS) is 13.2. The smallest absolute Gasteiger partial charge is 0.135 e. The molecule has 6 heteroatoms. The van der Waals surface area contributed by atoms with Gasteiger partial charge < -0.3 is 19.1 Å². The van der Waals surface area contributed by atoms with Crippen molar-refractivity contribution in [1.29, 1.82) is 0 Å². The number of aromatic nitrogens is 2. The Kier molecular flexibility index (Phi) is 10.6. The van der Waals surface area contributed by atoms with Crippen LogP contribution in [0.25, 0.3) is 38.8 Å². The van der Waals surface area contributed by atoms with Crippen molar-refractivity contribution < 1.29 is 25.8 Å². The van der Waals surface area contributed by atoms with Crippen LogP contribution in [0.15, 0.2) is 140 Å². The first-order chi connectivity index (χ1) is 28.1. The molecule has 0 aliphatic carbocycles. The first kappa shape index (κ1) is 41.1. The number of hydrogen-bond donors (Lipinski definition) is 0. The summed E-state index contributed by atoms with van der Waals surface area (Å²) in [6.45, 7) is 22.4. The number of ether oxygens (including phenoxy) is 1. The summed E-state index contributed by atoms with van der Waals surface area (Å²) >= 11 is 0. The van der Waals surface area contributed by atoms with Gasteiger partial charge in [0, 0.05) is 61.3 Å². The molecule has 0 bridgehead atoms. The Balaban J connectivity index is 0.00000499. The molecule has 2 aromatic heterocycles. The molecular weight excluding hydrogens is 916 g/mol. The molecule has 9 rings (SSSR count). The summed E-state index contributed by atoms with van der Waals surface area (Å²) in [5.74, 6) is 2.06. The Morgan fingerprint density at radius 1 is 0.533 bits per heavy atom. The Morgan fingerprint density at radius 2 is 1.23 bits per heavy atom. The van der Waals surface area contributed by atoms with Gasteiger partial charge in [0.15, 0.2) is 0 Å². The van der Waals surface area contributed by atoms with Crippen molar-refractivity contribution in [3.63, 3.8) is 0 Å². The van der Waals surface area contributed by atoms with Crippen LogP contribution in [-0.4, -0.2) is 9.55 Å². The van der Waals surface area contributed by atoms with Crippen LogP contribution in [0.4, 0.5) is 22.7 Å². The zero-order chi connectivity index (χ0) is 41.3. The number of hydrogen-bond acceptors (Lipinski definition) is 4. The summed E-state index contributed by atoms with van der Waals surface area (Å²) in [6, 6.07) is 54.7. The molecule has 5 nitrogen and oxygen atoms in total. The second kappa shape index (κ2) is 15.4. The van der Waals surface area contributed by atoms with E-state index in [4.69, 9.17) is 9.72 Å². The maximum atomic E-state index is 6.68. The van der Waals surface area contributed by atoms with E-state index in [1.807, 2.05) is 24.4 Å². The Morgan fingerprint density at radius 3 is 1.98 bits per heavy atom. The van der Waals surface area contributed by atoms with Crippen molar-refractivity contribution in [2.24, 2.45) is 0 Å². The van der Waals surface area contributed by atoms with E-state index in [0.717, 1.165) is 55.9 Å². The van der Waals surface area contributed by atoms with Crippen LogP contribution < -0.4 is 14.5 Å². The van der Waals surface area contributed by atoms with E-state index in [0.29, 0.717) is 11.5 Å². The van der Waals surface area contributed by atoms with E-state index in [1.54, 1.807) is 0 Å². The van der Waals surface area contributed by atoms with Crippen LogP contribution in [0.5, 0.6) is 11.5 Å². The van der Waals surface area contributed by atoms with E-state index < -0.39 is 0 Å². The molecule has 0 unspecified atom stereocenters. The van der Waals surface area contributed by atoms with Gasteiger partial charge in [-0.2, -0.15) is 12.1 Å². The SMILES string of the molecule is CC(C)(C)c1cccc(N2[CH-]N(c3[c-]c(Oc4[c-]c5c(cc4)c4cc(-c6ccccc6)ccc4n5-c4cc(C(C)(C)C)ccn4)ccc3)c3cc(C(C)(C)C)ccc32)c1.[Pt]. The molecule has 306 valence electrons. The van der Waals surface area contributed by atoms with E-state index in [9.17, 15) is 0 Å². The Bertz CT molecular complexity index is 2860. The molecule has 0 fully saturated rings. The van der Waals surface area contributed by atoms with Gasteiger partial charge >= 0.3 is 0 Å². The molecule has 3 heterocycles. The Hall–Kier alpha value is -5.64.